The van der Waals surface area contributed by atoms with E-state index < -0.39 is 22.5 Å². The van der Waals surface area contributed by atoms with Crippen LogP contribution in [0.15, 0.2) is 0 Å². The van der Waals surface area contributed by atoms with Gasteiger partial charge in [0.1, 0.15) is 5.54 Å². The molecule has 1 saturated carbocycles. The first kappa shape index (κ1) is 8.67. The second-order valence-electron chi connectivity index (χ2n) is 2.80. The third kappa shape index (κ3) is 1.59. The largest absolute Gasteiger partial charge is 0.480 e. The summed E-state index contributed by atoms with van der Waals surface area (Å²) in [4.78, 5) is 10.6. The molecule has 0 radical (unpaired) electrons. The van der Waals surface area contributed by atoms with Crippen LogP contribution in [0, 0.1) is 0 Å². The fourth-order valence-electron chi connectivity index (χ4n) is 1.17. The van der Waals surface area contributed by atoms with Crippen LogP contribution in [0.5, 0.6) is 0 Å². The van der Waals surface area contributed by atoms with E-state index >= 15 is 0 Å². The summed E-state index contributed by atoms with van der Waals surface area (Å²) in [6, 6.07) is 0. The van der Waals surface area contributed by atoms with Crippen molar-refractivity contribution in [3.63, 3.8) is 0 Å². The van der Waals surface area contributed by atoms with Gasteiger partial charge in [-0.05, 0) is 19.3 Å². The molecule has 0 heterocycles. The van der Waals surface area contributed by atoms with Crippen LogP contribution >= 0.6 is 0 Å². The number of carbonyl (C=O) groups is 1. The fourth-order valence-corrected chi connectivity index (χ4v) is 2.01. The maximum atomic E-state index is 10.7. The van der Waals surface area contributed by atoms with Gasteiger partial charge in [0.15, 0.2) is 0 Å². The Morgan fingerprint density at radius 2 is 2.18 bits per heavy atom. The summed E-state index contributed by atoms with van der Waals surface area (Å²) in [5.74, 6) is -0.890. The first-order valence-corrected chi connectivity index (χ1v) is 4.97. The monoisotopic (exact) mass is 177 g/mol. The van der Waals surface area contributed by atoms with Crippen LogP contribution in [0.4, 0.5) is 0 Å². The van der Waals surface area contributed by atoms with Gasteiger partial charge in [-0.2, -0.15) is 0 Å². The van der Waals surface area contributed by atoms with Crippen LogP contribution in [0.25, 0.3) is 0 Å². The van der Waals surface area contributed by atoms with E-state index in [1.54, 1.807) is 0 Å². The summed E-state index contributed by atoms with van der Waals surface area (Å²) in [5, 5.41) is 8.74. The zero-order valence-electron chi connectivity index (χ0n) is 6.29. The van der Waals surface area contributed by atoms with E-state index in [0.29, 0.717) is 12.8 Å². The summed E-state index contributed by atoms with van der Waals surface area (Å²) in [5.41, 5.74) is -0.889. The molecule has 64 valence electrons. The van der Waals surface area contributed by atoms with Gasteiger partial charge in [0.05, 0.1) is 11.0 Å². The van der Waals surface area contributed by atoms with Crippen LogP contribution in [0.3, 0.4) is 0 Å². The second kappa shape index (κ2) is 2.91. The SMILES string of the molecule is CS(=O)NC1(C(=O)O)CCC1. The van der Waals surface area contributed by atoms with Crippen LogP contribution in [0.2, 0.25) is 0 Å². The predicted octanol–water partition coefficient (Wildman–Crippen LogP) is -0.123. The summed E-state index contributed by atoms with van der Waals surface area (Å²) < 4.78 is 13.3. The molecule has 1 unspecified atom stereocenters. The quantitative estimate of drug-likeness (QED) is 0.631. The minimum Gasteiger partial charge on any atom is -0.480 e. The molecule has 1 fully saturated rings. The summed E-state index contributed by atoms with van der Waals surface area (Å²) in [6.07, 6.45) is 3.52. The zero-order valence-corrected chi connectivity index (χ0v) is 7.11. The molecule has 0 saturated heterocycles. The maximum absolute atomic E-state index is 10.7. The molecule has 0 aromatic heterocycles. The highest BCUT2D eigenvalue weighted by Gasteiger charge is 2.44. The molecule has 0 spiro atoms. The average Bonchev–Trinajstić information content (AvgIpc) is 1.77. The van der Waals surface area contributed by atoms with Crippen molar-refractivity contribution in [2.45, 2.75) is 24.8 Å². The van der Waals surface area contributed by atoms with E-state index in [4.69, 9.17) is 5.11 Å². The fraction of sp³-hybridized carbons (Fsp3) is 0.833. The standard InChI is InChI=1S/C6H11NO3S/c1-11(10)7-6(5(8)9)3-2-4-6/h7H,2-4H2,1H3,(H,8,9). The van der Waals surface area contributed by atoms with Gasteiger partial charge >= 0.3 is 5.97 Å². The topological polar surface area (TPSA) is 66.4 Å². The van der Waals surface area contributed by atoms with E-state index in [1.807, 2.05) is 0 Å². The molecule has 0 aromatic carbocycles. The number of aliphatic carboxylic acids is 1. The lowest BCUT2D eigenvalue weighted by Gasteiger charge is -2.37. The number of carboxylic acids is 1. The molecule has 0 aromatic rings. The predicted molar refractivity (Wildman–Crippen MR) is 41.4 cm³/mol. The Kier molecular flexibility index (Phi) is 2.29. The van der Waals surface area contributed by atoms with Crippen molar-refractivity contribution in [2.24, 2.45) is 0 Å². The molecule has 1 atom stereocenters. The molecule has 0 bridgehead atoms. The molecule has 0 amide bonds. The number of carboxylic acid groups (broad SMARTS) is 1. The van der Waals surface area contributed by atoms with E-state index in [2.05, 4.69) is 4.72 Å². The van der Waals surface area contributed by atoms with Gasteiger partial charge in [0.2, 0.25) is 0 Å². The van der Waals surface area contributed by atoms with Gasteiger partial charge in [-0.3, -0.25) is 4.79 Å². The van der Waals surface area contributed by atoms with Crippen molar-refractivity contribution in [3.8, 4) is 0 Å². The van der Waals surface area contributed by atoms with Crippen molar-refractivity contribution < 1.29 is 14.1 Å². The molecule has 2 N–H and O–H groups in total. The van der Waals surface area contributed by atoms with Crippen molar-refractivity contribution in [1.82, 2.24) is 4.72 Å². The number of nitrogens with one attached hydrogen (secondary N) is 1. The minimum absolute atomic E-state index is 0.585. The molecular formula is C6H11NO3S. The van der Waals surface area contributed by atoms with Crippen LogP contribution in [0.1, 0.15) is 19.3 Å². The first-order chi connectivity index (χ1) is 5.07. The molecule has 1 aliphatic rings. The molecule has 1 rings (SSSR count). The molecule has 5 heteroatoms. The molecule has 11 heavy (non-hydrogen) atoms. The van der Waals surface area contributed by atoms with E-state index in [1.165, 1.54) is 6.26 Å². The summed E-state index contributed by atoms with van der Waals surface area (Å²) in [7, 11) is -1.24. The molecule has 4 nitrogen and oxygen atoms in total. The Morgan fingerprint density at radius 1 is 1.64 bits per heavy atom. The van der Waals surface area contributed by atoms with Gasteiger partial charge in [-0.25, -0.2) is 8.93 Å². The zero-order chi connectivity index (χ0) is 8.48. The van der Waals surface area contributed by atoms with Crippen LogP contribution in [-0.2, 0) is 15.8 Å². The highest BCUT2D eigenvalue weighted by atomic mass is 32.2. The van der Waals surface area contributed by atoms with Crippen molar-refractivity contribution in [2.75, 3.05) is 6.26 Å². The lowest BCUT2D eigenvalue weighted by Crippen LogP contribution is -2.57. The van der Waals surface area contributed by atoms with Gasteiger partial charge < -0.3 is 5.11 Å². The van der Waals surface area contributed by atoms with Crippen molar-refractivity contribution >= 4 is 17.0 Å². The number of rotatable bonds is 3. The minimum atomic E-state index is -1.24. The Labute approximate surface area is 67.6 Å². The third-order valence-electron chi connectivity index (χ3n) is 1.96. The first-order valence-electron chi connectivity index (χ1n) is 3.41. The van der Waals surface area contributed by atoms with Crippen LogP contribution < -0.4 is 4.72 Å². The third-order valence-corrected chi connectivity index (χ3v) is 2.63. The lowest BCUT2D eigenvalue weighted by molar-refractivity contribution is -0.147. The van der Waals surface area contributed by atoms with Crippen LogP contribution in [-0.4, -0.2) is 27.1 Å². The number of hydrogen-bond acceptors (Lipinski definition) is 2. The van der Waals surface area contributed by atoms with E-state index in [0.717, 1.165) is 6.42 Å². The highest BCUT2D eigenvalue weighted by molar-refractivity contribution is 7.82. The van der Waals surface area contributed by atoms with E-state index in [9.17, 15) is 9.00 Å². The average molecular weight is 177 g/mol. The Morgan fingerprint density at radius 3 is 2.27 bits per heavy atom. The summed E-state index contributed by atoms with van der Waals surface area (Å²) >= 11 is 0. The van der Waals surface area contributed by atoms with E-state index in [-0.39, 0.29) is 0 Å². The number of hydrogen-bond donors (Lipinski definition) is 2. The van der Waals surface area contributed by atoms with Gasteiger partial charge in [0.25, 0.3) is 0 Å². The highest BCUT2D eigenvalue weighted by Crippen LogP contribution is 2.32. The van der Waals surface area contributed by atoms with Gasteiger partial charge in [-0.1, -0.05) is 0 Å². The van der Waals surface area contributed by atoms with Gasteiger partial charge in [0, 0.05) is 6.26 Å². The van der Waals surface area contributed by atoms with Gasteiger partial charge in [-0.15, -0.1) is 0 Å². The molecule has 0 aliphatic heterocycles. The van der Waals surface area contributed by atoms with Crippen molar-refractivity contribution in [1.29, 1.82) is 0 Å². The maximum Gasteiger partial charge on any atom is 0.324 e. The lowest BCUT2D eigenvalue weighted by atomic mass is 9.78. The van der Waals surface area contributed by atoms with Crippen molar-refractivity contribution in [3.05, 3.63) is 0 Å². The Balaban J connectivity index is 2.61. The molecule has 1 aliphatic carbocycles. The normalized spacial score (nSPS) is 23.7. The Bertz CT molecular complexity index is 200. The molecular weight excluding hydrogens is 166 g/mol. The smallest absolute Gasteiger partial charge is 0.324 e. The second-order valence-corrected chi connectivity index (χ2v) is 3.91. The Hall–Kier alpha value is -0.420. The summed E-state index contributed by atoms with van der Waals surface area (Å²) in [6.45, 7) is 0.